The Bertz CT molecular complexity index is 1230. The SMILES string of the molecule is Cc1nnc(SCc2c(C(=O)NCC3(c4ccccc4)CCCC3)oc3ccccc23)s1. The maximum atomic E-state index is 13.3. The monoisotopic (exact) mass is 463 g/mol. The Morgan fingerprint density at radius 1 is 1.09 bits per heavy atom. The van der Waals surface area contributed by atoms with Crippen molar-refractivity contribution in [3.8, 4) is 0 Å². The zero-order chi connectivity index (χ0) is 22.0. The summed E-state index contributed by atoms with van der Waals surface area (Å²) in [7, 11) is 0. The van der Waals surface area contributed by atoms with E-state index in [1.165, 1.54) is 18.4 Å². The number of hydrogen-bond donors (Lipinski definition) is 1. The quantitative estimate of drug-likeness (QED) is 0.334. The van der Waals surface area contributed by atoms with E-state index in [2.05, 4.69) is 39.8 Å². The number of aryl methyl sites for hydroxylation is 1. The molecule has 0 aliphatic heterocycles. The van der Waals surface area contributed by atoms with Gasteiger partial charge in [-0.15, -0.1) is 10.2 Å². The van der Waals surface area contributed by atoms with Crippen molar-refractivity contribution >= 4 is 40.0 Å². The van der Waals surface area contributed by atoms with Gasteiger partial charge < -0.3 is 9.73 Å². The first kappa shape index (κ1) is 21.2. The van der Waals surface area contributed by atoms with Gasteiger partial charge in [-0.2, -0.15) is 0 Å². The largest absolute Gasteiger partial charge is 0.451 e. The molecule has 4 aromatic rings. The summed E-state index contributed by atoms with van der Waals surface area (Å²) in [4.78, 5) is 13.3. The van der Waals surface area contributed by atoms with E-state index in [9.17, 15) is 4.79 Å². The Labute approximate surface area is 195 Å². The van der Waals surface area contributed by atoms with Crippen molar-refractivity contribution in [3.05, 3.63) is 76.5 Å². The van der Waals surface area contributed by atoms with Gasteiger partial charge in [-0.1, -0.05) is 84.5 Å². The second kappa shape index (κ2) is 9.08. The van der Waals surface area contributed by atoms with Gasteiger partial charge in [0, 0.05) is 28.7 Å². The smallest absolute Gasteiger partial charge is 0.287 e. The summed E-state index contributed by atoms with van der Waals surface area (Å²) in [5.74, 6) is 0.867. The highest BCUT2D eigenvalue weighted by atomic mass is 32.2. The predicted octanol–water partition coefficient (Wildman–Crippen LogP) is 6.13. The molecule has 2 aromatic carbocycles. The molecule has 2 heterocycles. The topological polar surface area (TPSA) is 68.0 Å². The zero-order valence-corrected chi connectivity index (χ0v) is 19.6. The van der Waals surface area contributed by atoms with Crippen LogP contribution in [-0.4, -0.2) is 22.6 Å². The summed E-state index contributed by atoms with van der Waals surface area (Å²) >= 11 is 3.15. The Morgan fingerprint density at radius 3 is 2.59 bits per heavy atom. The van der Waals surface area contributed by atoms with Gasteiger partial charge in [-0.25, -0.2) is 0 Å². The van der Waals surface area contributed by atoms with Crippen LogP contribution in [0.2, 0.25) is 0 Å². The lowest BCUT2D eigenvalue weighted by atomic mass is 9.79. The fourth-order valence-electron chi connectivity index (χ4n) is 4.64. The van der Waals surface area contributed by atoms with Gasteiger partial charge in [0.1, 0.15) is 10.6 Å². The molecule has 1 fully saturated rings. The molecule has 2 aromatic heterocycles. The molecule has 0 radical (unpaired) electrons. The third-order valence-corrected chi connectivity index (χ3v) is 8.28. The van der Waals surface area contributed by atoms with E-state index in [0.29, 0.717) is 18.1 Å². The second-order valence-electron chi connectivity index (χ2n) is 8.32. The summed E-state index contributed by atoms with van der Waals surface area (Å²) in [6.07, 6.45) is 4.57. The van der Waals surface area contributed by atoms with E-state index in [0.717, 1.165) is 38.7 Å². The molecular weight excluding hydrogens is 438 g/mol. The molecule has 5 nitrogen and oxygen atoms in total. The minimum Gasteiger partial charge on any atom is -0.451 e. The fourth-order valence-corrected chi connectivity index (χ4v) is 6.48. The summed E-state index contributed by atoms with van der Waals surface area (Å²) in [5, 5.41) is 13.4. The number of thioether (sulfide) groups is 1. The molecule has 1 saturated carbocycles. The number of benzene rings is 2. The van der Waals surface area contributed by atoms with E-state index in [-0.39, 0.29) is 11.3 Å². The molecular formula is C25H25N3O2S2. The number of nitrogens with zero attached hydrogens (tertiary/aromatic N) is 2. The highest BCUT2D eigenvalue weighted by Gasteiger charge is 2.36. The fraction of sp³-hybridized carbons (Fsp3) is 0.320. The Morgan fingerprint density at radius 2 is 1.84 bits per heavy atom. The van der Waals surface area contributed by atoms with Crippen LogP contribution in [0.15, 0.2) is 63.4 Å². The number of furan rings is 1. The van der Waals surface area contributed by atoms with Crippen LogP contribution in [0, 0.1) is 6.92 Å². The van der Waals surface area contributed by atoms with Crippen LogP contribution in [0.25, 0.3) is 11.0 Å². The van der Waals surface area contributed by atoms with Crippen LogP contribution >= 0.6 is 23.1 Å². The Kier molecular flexibility index (Phi) is 6.02. The van der Waals surface area contributed by atoms with Gasteiger partial charge >= 0.3 is 0 Å². The number of fused-ring (bicyclic) bond motifs is 1. The number of para-hydroxylation sites is 1. The number of hydrogen-bond acceptors (Lipinski definition) is 6. The van der Waals surface area contributed by atoms with Crippen molar-refractivity contribution < 1.29 is 9.21 Å². The second-order valence-corrected chi connectivity index (χ2v) is 10.7. The number of aromatic nitrogens is 2. The van der Waals surface area contributed by atoms with E-state index < -0.39 is 0 Å². The van der Waals surface area contributed by atoms with E-state index >= 15 is 0 Å². The van der Waals surface area contributed by atoms with Crippen molar-refractivity contribution in [2.75, 3.05) is 6.54 Å². The molecule has 164 valence electrons. The molecule has 0 saturated heterocycles. The molecule has 5 rings (SSSR count). The molecule has 1 amide bonds. The van der Waals surface area contributed by atoms with Crippen LogP contribution < -0.4 is 5.32 Å². The number of nitrogens with one attached hydrogen (secondary N) is 1. The van der Waals surface area contributed by atoms with Crippen molar-refractivity contribution in [1.82, 2.24) is 15.5 Å². The van der Waals surface area contributed by atoms with Crippen molar-refractivity contribution in [3.63, 3.8) is 0 Å². The van der Waals surface area contributed by atoms with Gasteiger partial charge in [-0.3, -0.25) is 4.79 Å². The molecule has 1 aliphatic rings. The molecule has 0 bridgehead atoms. The maximum Gasteiger partial charge on any atom is 0.287 e. The Hall–Kier alpha value is -2.64. The van der Waals surface area contributed by atoms with Crippen molar-refractivity contribution in [2.24, 2.45) is 0 Å². The first-order valence-electron chi connectivity index (χ1n) is 10.9. The molecule has 32 heavy (non-hydrogen) atoms. The lowest BCUT2D eigenvalue weighted by Gasteiger charge is -2.30. The minimum atomic E-state index is -0.146. The van der Waals surface area contributed by atoms with Crippen LogP contribution in [0.3, 0.4) is 0 Å². The van der Waals surface area contributed by atoms with Crippen LogP contribution in [-0.2, 0) is 11.2 Å². The number of carbonyl (C=O) groups is 1. The Balaban J connectivity index is 1.39. The minimum absolute atomic E-state index is 0.00192. The molecule has 1 aliphatic carbocycles. The summed E-state index contributed by atoms with van der Waals surface area (Å²) < 4.78 is 6.95. The normalized spacial score (nSPS) is 15.3. The standard InChI is InChI=1S/C25H25N3O2S2/c1-17-27-28-24(32-17)31-15-20-19-11-5-6-12-21(19)30-22(20)23(29)26-16-25(13-7-8-14-25)18-9-3-2-4-10-18/h2-6,9-12H,7-8,13-16H2,1H3,(H,26,29). The third kappa shape index (κ3) is 4.19. The summed E-state index contributed by atoms with van der Waals surface area (Å²) in [6, 6.07) is 18.4. The van der Waals surface area contributed by atoms with Crippen LogP contribution in [0.1, 0.15) is 52.4 Å². The molecule has 0 unspecified atom stereocenters. The summed E-state index contributed by atoms with van der Waals surface area (Å²) in [5.41, 5.74) is 2.96. The van der Waals surface area contributed by atoms with E-state index in [1.807, 2.05) is 37.3 Å². The average molecular weight is 464 g/mol. The van der Waals surface area contributed by atoms with E-state index in [4.69, 9.17) is 4.42 Å². The lowest BCUT2D eigenvalue weighted by Crippen LogP contribution is -2.39. The van der Waals surface area contributed by atoms with Gasteiger partial charge in [0.2, 0.25) is 0 Å². The average Bonchev–Trinajstić information content (AvgIpc) is 3.56. The highest BCUT2D eigenvalue weighted by molar-refractivity contribution is 8.00. The predicted molar refractivity (Wildman–Crippen MR) is 129 cm³/mol. The zero-order valence-electron chi connectivity index (χ0n) is 18.0. The maximum absolute atomic E-state index is 13.3. The first-order chi connectivity index (χ1) is 15.6. The van der Waals surface area contributed by atoms with Crippen molar-refractivity contribution in [2.45, 2.75) is 48.1 Å². The van der Waals surface area contributed by atoms with Crippen molar-refractivity contribution in [1.29, 1.82) is 0 Å². The molecule has 0 atom stereocenters. The number of carbonyl (C=O) groups excluding carboxylic acids is 1. The number of rotatable bonds is 7. The first-order valence-corrected chi connectivity index (χ1v) is 12.7. The van der Waals surface area contributed by atoms with Gasteiger partial charge in [0.25, 0.3) is 5.91 Å². The summed E-state index contributed by atoms with van der Waals surface area (Å²) in [6.45, 7) is 2.56. The molecule has 0 spiro atoms. The van der Waals surface area contributed by atoms with Gasteiger partial charge in [0.15, 0.2) is 10.1 Å². The lowest BCUT2D eigenvalue weighted by molar-refractivity contribution is 0.0916. The van der Waals surface area contributed by atoms with Gasteiger partial charge in [0.05, 0.1) is 0 Å². The molecule has 7 heteroatoms. The number of amides is 1. The van der Waals surface area contributed by atoms with Gasteiger partial charge in [-0.05, 0) is 31.4 Å². The third-order valence-electron chi connectivity index (χ3n) is 6.29. The van der Waals surface area contributed by atoms with Crippen LogP contribution in [0.5, 0.6) is 0 Å². The highest BCUT2D eigenvalue weighted by Crippen LogP contribution is 2.41. The van der Waals surface area contributed by atoms with E-state index in [1.54, 1.807) is 23.1 Å². The van der Waals surface area contributed by atoms with Crippen LogP contribution in [0.4, 0.5) is 0 Å². The molecule has 1 N–H and O–H groups in total.